The number of amides is 8. The van der Waals surface area contributed by atoms with Crippen LogP contribution in [0.2, 0.25) is 0 Å². The molecule has 0 atom stereocenters. The summed E-state index contributed by atoms with van der Waals surface area (Å²) in [4.78, 5) is 74.4. The van der Waals surface area contributed by atoms with Gasteiger partial charge in [0.2, 0.25) is 46.0 Å². The molecule has 0 spiro atoms. The number of sulfonamides is 4. The average molecular weight is 1760 g/mol. The van der Waals surface area contributed by atoms with E-state index in [1.54, 1.807) is 42.9 Å². The molecule has 0 saturated carbocycles. The smallest absolute Gasteiger partial charge is 0.332 e. The Morgan fingerprint density at radius 2 is 0.836 bits per heavy atom. The predicted octanol–water partition coefficient (Wildman–Crippen LogP) is 13.5. The number of hydrogen-bond donors (Lipinski definition) is 8. The number of piperidine rings is 4. The van der Waals surface area contributed by atoms with Crippen molar-refractivity contribution in [2.75, 3.05) is 107 Å². The largest absolute Gasteiger partial charge is 0.481 e. The van der Waals surface area contributed by atoms with Gasteiger partial charge in [0.1, 0.15) is 12.0 Å². The number of fused-ring (bicyclic) bond motifs is 4. The van der Waals surface area contributed by atoms with E-state index in [4.69, 9.17) is 18.2 Å². The summed E-state index contributed by atoms with van der Waals surface area (Å²) in [6.07, 6.45) is 20.9. The van der Waals surface area contributed by atoms with Gasteiger partial charge in [0.15, 0.2) is 0 Å². The lowest BCUT2D eigenvalue weighted by molar-refractivity contribution is 0.240. The Kier molecular flexibility index (Phi) is 28.5. The Bertz CT molecular complexity index is 5660. The zero-order valence-corrected chi connectivity index (χ0v) is 73.3. The van der Waals surface area contributed by atoms with Gasteiger partial charge in [-0.05, 0) is 322 Å². The van der Waals surface area contributed by atoms with Crippen LogP contribution < -0.4 is 44.9 Å². The van der Waals surface area contributed by atoms with Crippen LogP contribution in [0.25, 0.3) is 38.2 Å². The number of benzene rings is 4. The number of anilines is 4. The van der Waals surface area contributed by atoms with Gasteiger partial charge in [-0.15, -0.1) is 4.98 Å². The molecule has 29 nitrogen and oxygen atoms in total. The maximum atomic E-state index is 14.5. The van der Waals surface area contributed by atoms with E-state index in [-0.39, 0.29) is 37.7 Å². The first kappa shape index (κ1) is 84.5. The summed E-state index contributed by atoms with van der Waals surface area (Å²) < 4.78 is 169. The molecule has 122 heavy (non-hydrogen) atoms. The SMILES string of the molecule is CCN1CCC(S(=O)(=O)NC(=O)Nc2c(-c3ccnc(OC)c3)cc(F)cc2C(C)C)CC1.CCN1CCC(S(=O)(=O)NC(=O)Nc2c(-c3ccncc3)ccc3c2CCC3)CC1.[2H]C([2H])([2H])C([2H])([2H])N1CCC(S(=O)(=O)NC(=O)Nc2c3c(cc4c2CCC4)CCC3)CC1.[C-]#[N+]c1cc(-c2ccc3c(c2NC(=O)NS(=O)(=O)C2CCN(CC)CC2)CCC3)ccn1. The highest BCUT2D eigenvalue weighted by Gasteiger charge is 2.37. The fourth-order valence-electron chi connectivity index (χ4n) is 17.7. The second kappa shape index (κ2) is 41.2. The van der Waals surface area contributed by atoms with Gasteiger partial charge in [0.05, 0.1) is 45.2 Å². The second-order valence-corrected chi connectivity index (χ2v) is 40.0. The van der Waals surface area contributed by atoms with Gasteiger partial charge in [0, 0.05) is 53.9 Å². The third-order valence-corrected chi connectivity index (χ3v) is 31.7. The summed E-state index contributed by atoms with van der Waals surface area (Å²) in [6, 6.07) is 20.4. The van der Waals surface area contributed by atoms with E-state index in [0.717, 1.165) is 170 Å². The summed E-state index contributed by atoms with van der Waals surface area (Å²) in [7, 11) is -13.9. The second-order valence-electron chi connectivity index (χ2n) is 32.2. The highest BCUT2D eigenvalue weighted by Crippen LogP contribution is 2.43. The summed E-state index contributed by atoms with van der Waals surface area (Å²) in [6.45, 7) is 18.7. The number of aromatic nitrogens is 3. The van der Waals surface area contributed by atoms with Gasteiger partial charge in [-0.1, -0.05) is 78.4 Å². The monoisotopic (exact) mass is 1760 g/mol. The molecule has 0 radical (unpaired) electrons. The fraction of sp³-hybridized carbons (Fsp3) is 0.500. The van der Waals surface area contributed by atoms with Crippen molar-refractivity contribution in [1.29, 1.82) is 0 Å². The maximum absolute atomic E-state index is 14.5. The van der Waals surface area contributed by atoms with Crippen molar-refractivity contribution in [3.05, 3.63) is 171 Å². The molecule has 4 saturated heterocycles. The summed E-state index contributed by atoms with van der Waals surface area (Å²) in [5.74, 6) is -0.00198. The Morgan fingerprint density at radius 3 is 1.24 bits per heavy atom. The number of rotatable bonds is 21. The van der Waals surface area contributed by atoms with Crippen molar-refractivity contribution in [1.82, 2.24) is 53.4 Å². The third-order valence-electron chi connectivity index (χ3n) is 24.4. The van der Waals surface area contributed by atoms with Crippen LogP contribution in [0.3, 0.4) is 0 Å². The normalized spacial score (nSPS) is 18.2. The van der Waals surface area contributed by atoms with E-state index < -0.39 is 104 Å². The van der Waals surface area contributed by atoms with Crippen LogP contribution in [0, 0.1) is 12.4 Å². The Labute approximate surface area is 724 Å². The van der Waals surface area contributed by atoms with E-state index in [0.29, 0.717) is 104 Å². The van der Waals surface area contributed by atoms with Crippen LogP contribution >= 0.6 is 0 Å². The molecule has 8 amide bonds. The quantitative estimate of drug-likeness (QED) is 0.0310. The van der Waals surface area contributed by atoms with Crippen LogP contribution in [0.4, 0.5) is 52.1 Å². The average Bonchev–Trinajstić information content (AvgIpc) is 1.66. The number of likely N-dealkylation sites (tertiary alicyclic amines) is 4. The van der Waals surface area contributed by atoms with Gasteiger partial charge >= 0.3 is 24.1 Å². The topological polar surface area (TPSA) is 366 Å². The number of methoxy groups -OCH3 is 1. The van der Waals surface area contributed by atoms with Crippen molar-refractivity contribution < 1.29 is 68.8 Å². The zero-order valence-electron chi connectivity index (χ0n) is 75.0. The number of aryl methyl sites for hydroxylation is 4. The number of pyridine rings is 3. The van der Waals surface area contributed by atoms with Crippen LogP contribution in [0.15, 0.2) is 104 Å². The first-order valence-electron chi connectivity index (χ1n) is 44.7. The van der Waals surface area contributed by atoms with E-state index in [1.807, 2.05) is 51.1 Å². The highest BCUT2D eigenvalue weighted by atomic mass is 32.2. The molecule has 8 aliphatic rings. The number of urea groups is 4. The molecule has 4 fully saturated rings. The van der Waals surface area contributed by atoms with Crippen molar-refractivity contribution in [3.63, 3.8) is 0 Å². The number of carbonyl (C=O) groups excluding carboxylic acids is 4. The van der Waals surface area contributed by atoms with Crippen molar-refractivity contribution in [3.8, 4) is 39.3 Å². The first-order chi connectivity index (χ1) is 60.4. The third kappa shape index (κ3) is 22.8. The molecule has 656 valence electrons. The molecule has 7 aromatic rings. The first-order valence-corrected chi connectivity index (χ1v) is 48.4. The van der Waals surface area contributed by atoms with E-state index in [9.17, 15) is 57.2 Å². The molecule has 4 aromatic carbocycles. The molecular weight excluding hydrogens is 1640 g/mol. The number of nitrogens with one attached hydrogen (secondary N) is 8. The molecule has 4 aliphatic heterocycles. The van der Waals surface area contributed by atoms with Crippen LogP contribution in [0.1, 0.15) is 181 Å². The lowest BCUT2D eigenvalue weighted by Gasteiger charge is -2.30. The minimum Gasteiger partial charge on any atom is -0.481 e. The van der Waals surface area contributed by atoms with Gasteiger partial charge in [0.25, 0.3) is 5.82 Å². The summed E-state index contributed by atoms with van der Waals surface area (Å²) >= 11 is 0. The Morgan fingerprint density at radius 1 is 0.467 bits per heavy atom. The van der Waals surface area contributed by atoms with Crippen molar-refractivity contribution >= 4 is 92.8 Å². The standard InChI is InChI=1S/C23H31FN4O4S.C23H27N5O3S.C22H28N4O3S.C20H29N3O3S/c1-5-28-10-7-18(8-11-28)33(30,31)27-23(29)26-22-19(15(2)3)13-17(24)14-20(22)16-6-9-25-21(12-16)32-4;1-3-28-13-10-18(11-14-28)32(30,31)27-23(29)26-22-19-6-4-5-16(19)7-8-20(22)17-9-12-25-21(15-17)24-2;1-2-26-14-10-18(11-15-26)30(28,29)25-22(27)24-21-19-5-3-4-16(19)6-7-20(21)17-8-12-23-13-9-17;1-2-23-11-9-16(10-12-23)27(25,26)22-20(24)21-19-17-7-3-5-14(17)13-15-6-4-8-18(15)19/h6,9,12-15,18H,5,7-8,10-11H2,1-4H3,(H2,26,27,29);7-9,12,15,18H,3-6,10-11,13-14H2,1H3,(H2,26,27,29);6-9,12-13,18H,2-5,10-11,14-15H2,1H3,(H2,24,25,27);13,16H,2-12H2,1H3,(H2,21,22,24)/i;;;1D3,2D2. The number of nitrogens with zero attached hydrogens (tertiary/aromatic N) is 8. The van der Waals surface area contributed by atoms with E-state index >= 15 is 0 Å². The Balaban J connectivity index is 0.000000154. The minimum absolute atomic E-state index is 0.0156. The van der Waals surface area contributed by atoms with Crippen LogP contribution in [0.5, 0.6) is 5.88 Å². The van der Waals surface area contributed by atoms with Crippen molar-refractivity contribution in [2.24, 2.45) is 0 Å². The molecule has 0 unspecified atom stereocenters. The molecule has 8 N–H and O–H groups in total. The number of hydrogen-bond acceptors (Lipinski definition) is 20. The van der Waals surface area contributed by atoms with Gasteiger partial charge < -0.3 is 50.4 Å². The molecule has 3 aromatic heterocycles. The predicted molar refractivity (Wildman–Crippen MR) is 475 cm³/mol. The van der Waals surface area contributed by atoms with Gasteiger partial charge in [-0.3, -0.25) is 4.98 Å². The summed E-state index contributed by atoms with van der Waals surface area (Å²) in [5.41, 5.74) is 16.4. The van der Waals surface area contributed by atoms with Crippen molar-refractivity contribution in [2.45, 2.75) is 197 Å². The molecule has 0 bridgehead atoms. The molecule has 4 aliphatic carbocycles. The highest BCUT2D eigenvalue weighted by molar-refractivity contribution is 7.91. The van der Waals surface area contributed by atoms with E-state index in [1.165, 1.54) is 42.1 Å². The van der Waals surface area contributed by atoms with Crippen LogP contribution in [-0.4, -0.2) is 199 Å². The lowest BCUT2D eigenvalue weighted by atomic mass is 9.94. The molecule has 7 heterocycles. The fourth-order valence-corrected chi connectivity index (χ4v) is 22.9. The maximum Gasteiger partial charge on any atom is 0.332 e. The summed E-state index contributed by atoms with van der Waals surface area (Å²) in [5, 5.41) is 8.55. The molecule has 15 rings (SSSR count). The number of halogens is 1. The van der Waals surface area contributed by atoms with Crippen LogP contribution in [-0.2, 0) is 91.5 Å². The minimum atomic E-state index is -3.99. The molecular formula is C88H115FN16O13S4. The molecule has 34 heteroatoms. The number of ether oxygens (including phenoxy) is 1. The zero-order chi connectivity index (χ0) is 91.3. The number of carbonyl (C=O) groups is 4. The van der Waals surface area contributed by atoms with Gasteiger partial charge in [-0.2, -0.15) is 0 Å². The van der Waals surface area contributed by atoms with Gasteiger partial charge in [-0.25, -0.2) is 81.1 Å². The lowest BCUT2D eigenvalue weighted by Crippen LogP contribution is -2.46. The van der Waals surface area contributed by atoms with E-state index in [2.05, 4.69) is 101 Å². The Hall–Kier alpha value is -9.73.